The molecule has 4 heteroatoms. The van der Waals surface area contributed by atoms with Crippen molar-refractivity contribution in [2.75, 3.05) is 6.54 Å². The van der Waals surface area contributed by atoms with Crippen LogP contribution in [0.15, 0.2) is 45.8 Å². The van der Waals surface area contributed by atoms with Gasteiger partial charge in [0.2, 0.25) is 0 Å². The number of rotatable bonds is 6. The summed E-state index contributed by atoms with van der Waals surface area (Å²) in [6, 6.07) is 6.35. The molecule has 0 saturated heterocycles. The molecule has 2 aromatic heterocycles. The van der Waals surface area contributed by atoms with Crippen molar-refractivity contribution in [3.63, 3.8) is 0 Å². The van der Waals surface area contributed by atoms with Crippen molar-refractivity contribution in [1.82, 2.24) is 10.6 Å². The van der Waals surface area contributed by atoms with Gasteiger partial charge in [-0.05, 0) is 24.7 Å². The first-order valence-corrected chi connectivity index (χ1v) is 7.70. The molecule has 0 saturated carbocycles. The predicted octanol–water partition coefficient (Wildman–Crippen LogP) is 4.19. The van der Waals surface area contributed by atoms with Gasteiger partial charge in [0.1, 0.15) is 5.76 Å². The SMILES string of the molecule is CC.CC(C)NCc1ccco1.CCNCc1ccoc1. The summed E-state index contributed by atoms with van der Waals surface area (Å²) >= 11 is 0. The van der Waals surface area contributed by atoms with E-state index in [2.05, 4.69) is 31.4 Å². The zero-order valence-electron chi connectivity index (χ0n) is 14.0. The molecule has 0 aliphatic rings. The van der Waals surface area contributed by atoms with Crippen LogP contribution in [0.5, 0.6) is 0 Å². The van der Waals surface area contributed by atoms with Crippen LogP contribution in [0.4, 0.5) is 0 Å². The van der Waals surface area contributed by atoms with Crippen LogP contribution in [-0.2, 0) is 13.1 Å². The van der Waals surface area contributed by atoms with Gasteiger partial charge in [-0.25, -0.2) is 0 Å². The lowest BCUT2D eigenvalue weighted by molar-refractivity contribution is 0.465. The van der Waals surface area contributed by atoms with E-state index in [0.29, 0.717) is 6.04 Å². The predicted molar refractivity (Wildman–Crippen MR) is 88.1 cm³/mol. The van der Waals surface area contributed by atoms with Gasteiger partial charge in [0, 0.05) is 18.2 Å². The van der Waals surface area contributed by atoms with Crippen LogP contribution in [0, 0.1) is 0 Å². The molecule has 120 valence electrons. The Morgan fingerprint density at radius 3 is 2.33 bits per heavy atom. The molecule has 0 bridgehead atoms. The normalized spacial score (nSPS) is 9.62. The van der Waals surface area contributed by atoms with Crippen molar-refractivity contribution in [2.45, 2.75) is 53.8 Å². The molecule has 0 fully saturated rings. The molecule has 21 heavy (non-hydrogen) atoms. The summed E-state index contributed by atoms with van der Waals surface area (Å²) in [6.07, 6.45) is 5.13. The highest BCUT2D eigenvalue weighted by Crippen LogP contribution is 1.98. The highest BCUT2D eigenvalue weighted by Gasteiger charge is 1.95. The lowest BCUT2D eigenvalue weighted by Gasteiger charge is -2.04. The van der Waals surface area contributed by atoms with Gasteiger partial charge in [-0.1, -0.05) is 34.6 Å². The maximum atomic E-state index is 5.12. The standard InChI is InChI=1S/C8H13NO.C7H11NO.C2H6/c1-7(2)9-6-8-4-3-5-10-8;1-2-8-5-7-3-4-9-6-7;1-2/h3-5,7,9H,6H2,1-2H3;3-4,6,8H,2,5H2,1H3;1-2H3. The van der Waals surface area contributed by atoms with Crippen molar-refractivity contribution in [3.8, 4) is 0 Å². The molecule has 2 heterocycles. The van der Waals surface area contributed by atoms with E-state index in [9.17, 15) is 0 Å². The number of hydrogen-bond donors (Lipinski definition) is 2. The second-order valence-electron chi connectivity index (χ2n) is 4.53. The maximum Gasteiger partial charge on any atom is 0.117 e. The van der Waals surface area contributed by atoms with E-state index in [0.717, 1.165) is 25.4 Å². The fourth-order valence-electron chi connectivity index (χ4n) is 1.38. The molecule has 0 aliphatic heterocycles. The van der Waals surface area contributed by atoms with Gasteiger partial charge < -0.3 is 19.5 Å². The Balaban J connectivity index is 0.000000342. The van der Waals surface area contributed by atoms with Gasteiger partial charge in [-0.15, -0.1) is 0 Å². The van der Waals surface area contributed by atoms with E-state index in [1.54, 1.807) is 18.8 Å². The quantitative estimate of drug-likeness (QED) is 0.838. The number of nitrogens with one attached hydrogen (secondary N) is 2. The Labute approximate surface area is 128 Å². The Morgan fingerprint density at radius 2 is 1.86 bits per heavy atom. The molecule has 0 amide bonds. The second kappa shape index (κ2) is 13.5. The molecule has 0 spiro atoms. The molecule has 0 aromatic carbocycles. The van der Waals surface area contributed by atoms with E-state index < -0.39 is 0 Å². The van der Waals surface area contributed by atoms with Crippen molar-refractivity contribution in [3.05, 3.63) is 48.3 Å². The minimum absolute atomic E-state index is 0.519. The van der Waals surface area contributed by atoms with E-state index in [1.807, 2.05) is 32.0 Å². The number of hydrogen-bond acceptors (Lipinski definition) is 4. The first-order chi connectivity index (χ1) is 10.2. The molecule has 4 nitrogen and oxygen atoms in total. The van der Waals surface area contributed by atoms with E-state index >= 15 is 0 Å². The van der Waals surface area contributed by atoms with E-state index in [1.165, 1.54) is 5.56 Å². The summed E-state index contributed by atoms with van der Waals surface area (Å²) in [4.78, 5) is 0. The molecular weight excluding hydrogens is 264 g/mol. The fourth-order valence-corrected chi connectivity index (χ4v) is 1.38. The van der Waals surface area contributed by atoms with Crippen LogP contribution in [-0.4, -0.2) is 12.6 Å². The summed E-state index contributed by atoms with van der Waals surface area (Å²) in [5, 5.41) is 6.44. The highest BCUT2D eigenvalue weighted by atomic mass is 16.3. The molecule has 2 N–H and O–H groups in total. The average molecular weight is 294 g/mol. The zero-order valence-corrected chi connectivity index (χ0v) is 14.0. The minimum Gasteiger partial charge on any atom is -0.472 e. The first kappa shape index (κ1) is 19.5. The summed E-state index contributed by atoms with van der Waals surface area (Å²) in [5.74, 6) is 0.994. The average Bonchev–Trinajstić information content (AvgIpc) is 3.19. The van der Waals surface area contributed by atoms with Gasteiger partial charge in [-0.2, -0.15) is 0 Å². The topological polar surface area (TPSA) is 50.3 Å². The third-order valence-electron chi connectivity index (χ3n) is 2.42. The van der Waals surface area contributed by atoms with Crippen LogP contribution >= 0.6 is 0 Å². The Bertz CT molecular complexity index is 394. The van der Waals surface area contributed by atoms with Crippen molar-refractivity contribution in [2.24, 2.45) is 0 Å². The van der Waals surface area contributed by atoms with E-state index in [-0.39, 0.29) is 0 Å². The molecule has 2 rings (SSSR count). The third kappa shape index (κ3) is 10.9. The van der Waals surface area contributed by atoms with Crippen molar-refractivity contribution < 1.29 is 8.83 Å². The molecule has 0 unspecified atom stereocenters. The van der Waals surface area contributed by atoms with E-state index in [4.69, 9.17) is 8.83 Å². The number of furan rings is 2. The maximum absolute atomic E-state index is 5.12. The molecule has 2 aromatic rings. The monoisotopic (exact) mass is 294 g/mol. The molecule has 0 aliphatic carbocycles. The van der Waals surface area contributed by atoms with Crippen LogP contribution in [0.25, 0.3) is 0 Å². The van der Waals surface area contributed by atoms with Crippen LogP contribution in [0.3, 0.4) is 0 Å². The lowest BCUT2D eigenvalue weighted by atomic mass is 10.3. The Morgan fingerprint density at radius 1 is 1.10 bits per heavy atom. The van der Waals surface area contributed by atoms with Crippen molar-refractivity contribution in [1.29, 1.82) is 0 Å². The Kier molecular flexibility index (Phi) is 12.5. The van der Waals surface area contributed by atoms with Gasteiger partial charge in [0.15, 0.2) is 0 Å². The zero-order chi connectivity index (χ0) is 15.9. The summed E-state index contributed by atoms with van der Waals surface area (Å²) in [6.45, 7) is 13.1. The molecular formula is C17H30N2O2. The summed E-state index contributed by atoms with van der Waals surface area (Å²) in [5.41, 5.74) is 1.21. The Hall–Kier alpha value is -1.52. The highest BCUT2D eigenvalue weighted by molar-refractivity contribution is 5.04. The fraction of sp³-hybridized carbons (Fsp3) is 0.529. The lowest BCUT2D eigenvalue weighted by Crippen LogP contribution is -2.21. The van der Waals surface area contributed by atoms with Gasteiger partial charge in [0.25, 0.3) is 0 Å². The van der Waals surface area contributed by atoms with Crippen LogP contribution in [0.2, 0.25) is 0 Å². The van der Waals surface area contributed by atoms with Crippen LogP contribution in [0.1, 0.15) is 45.9 Å². The first-order valence-electron chi connectivity index (χ1n) is 7.70. The smallest absolute Gasteiger partial charge is 0.117 e. The largest absolute Gasteiger partial charge is 0.472 e. The van der Waals surface area contributed by atoms with Gasteiger partial charge >= 0.3 is 0 Å². The molecule has 0 radical (unpaired) electrons. The summed E-state index contributed by atoms with van der Waals surface area (Å²) < 4.78 is 9.99. The summed E-state index contributed by atoms with van der Waals surface area (Å²) in [7, 11) is 0. The van der Waals surface area contributed by atoms with Gasteiger partial charge in [-0.3, -0.25) is 0 Å². The third-order valence-corrected chi connectivity index (χ3v) is 2.42. The second-order valence-corrected chi connectivity index (χ2v) is 4.53. The van der Waals surface area contributed by atoms with Gasteiger partial charge in [0.05, 0.1) is 25.3 Å². The van der Waals surface area contributed by atoms with Crippen molar-refractivity contribution >= 4 is 0 Å². The molecule has 0 atom stereocenters. The minimum atomic E-state index is 0.519. The van der Waals surface area contributed by atoms with Crippen LogP contribution < -0.4 is 10.6 Å².